The number of anilines is 1. The summed E-state index contributed by atoms with van der Waals surface area (Å²) in [5.74, 6) is -1.48. The number of carboxylic acids is 1. The number of benzene rings is 1. The van der Waals surface area contributed by atoms with Gasteiger partial charge in [-0.05, 0) is 31.6 Å². The highest BCUT2D eigenvalue weighted by Gasteiger charge is 2.15. The van der Waals surface area contributed by atoms with Crippen LogP contribution in [0, 0.1) is 5.82 Å². The molecule has 0 saturated heterocycles. The van der Waals surface area contributed by atoms with Gasteiger partial charge >= 0.3 is 5.97 Å². The maximum atomic E-state index is 13.8. The van der Waals surface area contributed by atoms with E-state index < -0.39 is 11.8 Å². The number of halogens is 1. The molecule has 0 amide bonds. The van der Waals surface area contributed by atoms with Gasteiger partial charge in [-0.25, -0.2) is 9.18 Å². The lowest BCUT2D eigenvalue weighted by molar-refractivity contribution is -0.131. The fourth-order valence-electron chi connectivity index (χ4n) is 2.11. The molecule has 1 heterocycles. The van der Waals surface area contributed by atoms with E-state index in [-0.39, 0.29) is 0 Å². The van der Waals surface area contributed by atoms with Gasteiger partial charge < -0.3 is 10.0 Å². The Kier molecular flexibility index (Phi) is 4.00. The van der Waals surface area contributed by atoms with Crippen molar-refractivity contribution in [1.29, 1.82) is 0 Å². The fourth-order valence-corrected chi connectivity index (χ4v) is 2.11. The van der Waals surface area contributed by atoms with Crippen LogP contribution in [0.4, 0.5) is 10.1 Å². The minimum Gasteiger partial charge on any atom is -0.478 e. The van der Waals surface area contributed by atoms with E-state index in [2.05, 4.69) is 17.9 Å². The van der Waals surface area contributed by atoms with Crippen LogP contribution in [-0.4, -0.2) is 24.2 Å². The summed E-state index contributed by atoms with van der Waals surface area (Å²) in [4.78, 5) is 12.6. The summed E-state index contributed by atoms with van der Waals surface area (Å²) in [6, 6.07) is 4.81. The molecule has 0 aromatic heterocycles. The lowest BCUT2D eigenvalue weighted by Crippen LogP contribution is -2.28. The molecule has 0 atom stereocenters. The minimum atomic E-state index is -1.08. The zero-order chi connectivity index (χ0) is 13.8. The first-order chi connectivity index (χ1) is 9.08. The summed E-state index contributed by atoms with van der Waals surface area (Å²) in [5, 5.41) is 8.67. The molecule has 0 bridgehead atoms. The molecule has 4 heteroatoms. The number of carboxylic acid groups (broad SMARTS) is 1. The van der Waals surface area contributed by atoms with Crippen molar-refractivity contribution in [3.8, 4) is 0 Å². The molecule has 0 radical (unpaired) electrons. The van der Waals surface area contributed by atoms with Crippen LogP contribution in [0.3, 0.4) is 0 Å². The van der Waals surface area contributed by atoms with Crippen molar-refractivity contribution in [2.24, 2.45) is 0 Å². The van der Waals surface area contributed by atoms with E-state index in [1.165, 1.54) is 17.7 Å². The molecule has 2 rings (SSSR count). The summed E-state index contributed by atoms with van der Waals surface area (Å²) < 4.78 is 13.8. The van der Waals surface area contributed by atoms with Crippen molar-refractivity contribution in [3.63, 3.8) is 0 Å². The standard InChI is InChI=1S/C15H16FNO2/c1-11-7-9-17(10-8-11)14-4-2-3-13(16)12(14)5-6-15(18)19/h2-7H,8-10H2,1H3,(H,18,19)/b6-5+. The summed E-state index contributed by atoms with van der Waals surface area (Å²) in [6.07, 6.45) is 5.34. The zero-order valence-corrected chi connectivity index (χ0v) is 10.8. The van der Waals surface area contributed by atoms with Crippen LogP contribution in [0.15, 0.2) is 35.9 Å². The third-order valence-corrected chi connectivity index (χ3v) is 3.20. The normalized spacial score (nSPS) is 15.7. The maximum Gasteiger partial charge on any atom is 0.328 e. The Hall–Kier alpha value is -2.10. The van der Waals surface area contributed by atoms with Crippen LogP contribution in [0.5, 0.6) is 0 Å². The van der Waals surface area contributed by atoms with E-state index in [0.717, 1.165) is 31.3 Å². The van der Waals surface area contributed by atoms with Crippen molar-refractivity contribution in [2.45, 2.75) is 13.3 Å². The molecule has 1 N–H and O–H groups in total. The Balaban J connectivity index is 2.35. The molecule has 1 aromatic rings. The first-order valence-corrected chi connectivity index (χ1v) is 6.18. The summed E-state index contributed by atoms with van der Waals surface area (Å²) in [5.41, 5.74) is 2.40. The first-order valence-electron chi connectivity index (χ1n) is 6.18. The summed E-state index contributed by atoms with van der Waals surface area (Å²) in [7, 11) is 0. The minimum absolute atomic E-state index is 0.331. The molecule has 1 aliphatic rings. The average Bonchev–Trinajstić information content (AvgIpc) is 2.38. The highest BCUT2D eigenvalue weighted by atomic mass is 19.1. The lowest BCUT2D eigenvalue weighted by atomic mass is 10.1. The Morgan fingerprint density at radius 1 is 1.47 bits per heavy atom. The first kappa shape index (κ1) is 13.3. The molecule has 0 unspecified atom stereocenters. The Morgan fingerprint density at radius 2 is 2.26 bits per heavy atom. The number of hydrogen-bond donors (Lipinski definition) is 1. The van der Waals surface area contributed by atoms with Crippen LogP contribution in [0.25, 0.3) is 6.08 Å². The van der Waals surface area contributed by atoms with Gasteiger partial charge in [0, 0.05) is 30.4 Å². The molecule has 100 valence electrons. The van der Waals surface area contributed by atoms with Crippen molar-refractivity contribution in [3.05, 3.63) is 47.3 Å². The van der Waals surface area contributed by atoms with E-state index >= 15 is 0 Å². The SMILES string of the molecule is CC1=CCN(c2cccc(F)c2/C=C/C(=O)O)CC1. The molecule has 1 aliphatic heterocycles. The molecule has 19 heavy (non-hydrogen) atoms. The van der Waals surface area contributed by atoms with Gasteiger partial charge in [0.25, 0.3) is 0 Å². The fraction of sp³-hybridized carbons (Fsp3) is 0.267. The predicted molar refractivity (Wildman–Crippen MR) is 73.7 cm³/mol. The molecule has 0 spiro atoms. The highest BCUT2D eigenvalue weighted by Crippen LogP contribution is 2.27. The number of aliphatic carboxylic acids is 1. The van der Waals surface area contributed by atoms with Gasteiger partial charge in [0.2, 0.25) is 0 Å². The number of rotatable bonds is 3. The number of nitrogens with zero attached hydrogens (tertiary/aromatic N) is 1. The van der Waals surface area contributed by atoms with Crippen molar-refractivity contribution < 1.29 is 14.3 Å². The van der Waals surface area contributed by atoms with E-state index in [9.17, 15) is 9.18 Å². The highest BCUT2D eigenvalue weighted by molar-refractivity contribution is 5.87. The molecule has 0 aliphatic carbocycles. The van der Waals surface area contributed by atoms with Gasteiger partial charge in [-0.15, -0.1) is 0 Å². The van der Waals surface area contributed by atoms with Gasteiger partial charge in [0.05, 0.1) is 0 Å². The molecule has 0 saturated carbocycles. The van der Waals surface area contributed by atoms with Crippen LogP contribution >= 0.6 is 0 Å². The van der Waals surface area contributed by atoms with Crippen molar-refractivity contribution in [2.75, 3.05) is 18.0 Å². The Bertz CT molecular complexity index is 549. The average molecular weight is 261 g/mol. The maximum absolute atomic E-state index is 13.8. The van der Waals surface area contributed by atoms with Gasteiger partial charge in [-0.3, -0.25) is 0 Å². The largest absolute Gasteiger partial charge is 0.478 e. The van der Waals surface area contributed by atoms with E-state index in [4.69, 9.17) is 5.11 Å². The van der Waals surface area contributed by atoms with E-state index in [1.807, 2.05) is 6.07 Å². The van der Waals surface area contributed by atoms with Crippen LogP contribution in [-0.2, 0) is 4.79 Å². The molecular weight excluding hydrogens is 245 g/mol. The number of carbonyl (C=O) groups is 1. The van der Waals surface area contributed by atoms with E-state index in [0.29, 0.717) is 5.56 Å². The lowest BCUT2D eigenvalue weighted by Gasteiger charge is -2.29. The van der Waals surface area contributed by atoms with Crippen LogP contribution in [0.1, 0.15) is 18.9 Å². The monoisotopic (exact) mass is 261 g/mol. The van der Waals surface area contributed by atoms with Gasteiger partial charge in [-0.1, -0.05) is 17.7 Å². The second-order valence-electron chi connectivity index (χ2n) is 4.59. The van der Waals surface area contributed by atoms with Crippen molar-refractivity contribution >= 4 is 17.7 Å². The second-order valence-corrected chi connectivity index (χ2v) is 4.59. The zero-order valence-electron chi connectivity index (χ0n) is 10.8. The van der Waals surface area contributed by atoms with Crippen molar-refractivity contribution in [1.82, 2.24) is 0 Å². The Morgan fingerprint density at radius 3 is 2.89 bits per heavy atom. The molecule has 1 aromatic carbocycles. The Labute approximate surface area is 111 Å². The summed E-state index contributed by atoms with van der Waals surface area (Å²) in [6.45, 7) is 3.62. The molecule has 0 fully saturated rings. The third kappa shape index (κ3) is 3.22. The smallest absolute Gasteiger partial charge is 0.328 e. The van der Waals surface area contributed by atoms with Crippen LogP contribution < -0.4 is 4.90 Å². The van der Waals surface area contributed by atoms with Gasteiger partial charge in [-0.2, -0.15) is 0 Å². The predicted octanol–water partition coefficient (Wildman–Crippen LogP) is 3.08. The molecule has 3 nitrogen and oxygen atoms in total. The number of hydrogen-bond acceptors (Lipinski definition) is 2. The van der Waals surface area contributed by atoms with Crippen LogP contribution in [0.2, 0.25) is 0 Å². The summed E-state index contributed by atoms with van der Waals surface area (Å²) >= 11 is 0. The quantitative estimate of drug-likeness (QED) is 0.671. The van der Waals surface area contributed by atoms with Gasteiger partial charge in [0.1, 0.15) is 5.82 Å². The topological polar surface area (TPSA) is 40.5 Å². The van der Waals surface area contributed by atoms with Gasteiger partial charge in [0.15, 0.2) is 0 Å². The van der Waals surface area contributed by atoms with E-state index in [1.54, 1.807) is 6.07 Å². The molecular formula is C15H16FNO2. The third-order valence-electron chi connectivity index (χ3n) is 3.20. The second kappa shape index (κ2) is 5.69.